The van der Waals surface area contributed by atoms with Gasteiger partial charge in [0.1, 0.15) is 5.38 Å². The lowest BCUT2D eigenvalue weighted by atomic mass is 10.1. The Morgan fingerprint density at radius 2 is 2.00 bits per heavy atom. The van der Waals surface area contributed by atoms with Gasteiger partial charge in [-0.1, -0.05) is 6.92 Å². The summed E-state index contributed by atoms with van der Waals surface area (Å²) in [5.41, 5.74) is 0. The second kappa shape index (κ2) is 6.05. The van der Waals surface area contributed by atoms with Gasteiger partial charge in [-0.3, -0.25) is 4.79 Å². The molecular weight excluding hydrogens is 238 g/mol. The van der Waals surface area contributed by atoms with Crippen molar-refractivity contribution in [2.24, 2.45) is 5.92 Å². The fourth-order valence-electron chi connectivity index (χ4n) is 2.35. The highest BCUT2D eigenvalue weighted by atomic mass is 35.5. The van der Waals surface area contributed by atoms with Crippen molar-refractivity contribution in [3.8, 4) is 0 Å². The van der Waals surface area contributed by atoms with E-state index in [1.165, 1.54) is 12.8 Å². The van der Waals surface area contributed by atoms with Gasteiger partial charge in [-0.2, -0.15) is 0 Å². The summed E-state index contributed by atoms with van der Waals surface area (Å²) in [6, 6.07) is 0.352. The minimum atomic E-state index is -0.350. The van der Waals surface area contributed by atoms with E-state index in [1.807, 2.05) is 11.8 Å². The third-order valence-corrected chi connectivity index (χ3v) is 4.19. The van der Waals surface area contributed by atoms with Crippen LogP contribution in [0.1, 0.15) is 39.0 Å². The molecule has 0 aromatic heterocycles. The first-order valence-electron chi connectivity index (χ1n) is 6.74. The molecule has 3 nitrogen and oxygen atoms in total. The van der Waals surface area contributed by atoms with Crippen LogP contribution in [0.15, 0.2) is 0 Å². The molecule has 1 atom stereocenters. The Labute approximate surface area is 108 Å². The number of ether oxygens (including phenoxy) is 1. The largest absolute Gasteiger partial charge is 0.381 e. The Morgan fingerprint density at radius 3 is 2.53 bits per heavy atom. The maximum Gasteiger partial charge on any atom is 0.240 e. The number of alkyl halides is 1. The Balaban J connectivity index is 1.97. The SMILES string of the molecule is CC[C@H](Cl)C(=O)N(CC1CC1)C1CCOCC1. The molecule has 0 bridgehead atoms. The number of carbonyl (C=O) groups is 1. The van der Waals surface area contributed by atoms with E-state index >= 15 is 0 Å². The van der Waals surface area contributed by atoms with Crippen molar-refractivity contribution in [3.63, 3.8) is 0 Å². The first kappa shape index (κ1) is 13.2. The predicted molar refractivity (Wildman–Crippen MR) is 68.2 cm³/mol. The topological polar surface area (TPSA) is 29.5 Å². The molecular formula is C13H22ClNO2. The van der Waals surface area contributed by atoms with Gasteiger partial charge in [0.25, 0.3) is 0 Å². The summed E-state index contributed by atoms with van der Waals surface area (Å²) in [4.78, 5) is 14.3. The number of halogens is 1. The molecule has 0 aromatic carbocycles. The smallest absolute Gasteiger partial charge is 0.240 e. The summed E-state index contributed by atoms with van der Waals surface area (Å²) in [5, 5.41) is -0.350. The van der Waals surface area contributed by atoms with Gasteiger partial charge in [0.2, 0.25) is 5.91 Å². The number of hydrogen-bond acceptors (Lipinski definition) is 2. The van der Waals surface area contributed by atoms with Crippen LogP contribution in [-0.2, 0) is 9.53 Å². The summed E-state index contributed by atoms with van der Waals surface area (Å²) < 4.78 is 5.37. The molecule has 1 aliphatic carbocycles. The van der Waals surface area contributed by atoms with Crippen LogP contribution in [-0.4, -0.2) is 42.0 Å². The molecule has 0 radical (unpaired) electrons. The van der Waals surface area contributed by atoms with Crippen LogP contribution in [0.5, 0.6) is 0 Å². The highest BCUT2D eigenvalue weighted by Gasteiger charge is 2.33. The number of rotatable bonds is 5. The van der Waals surface area contributed by atoms with Crippen LogP contribution < -0.4 is 0 Å². The second-order valence-electron chi connectivity index (χ2n) is 5.15. The highest BCUT2D eigenvalue weighted by molar-refractivity contribution is 6.30. The third-order valence-electron chi connectivity index (χ3n) is 3.69. The predicted octanol–water partition coefficient (Wildman–Crippen LogP) is 2.42. The van der Waals surface area contributed by atoms with E-state index in [0.29, 0.717) is 12.5 Å². The second-order valence-corrected chi connectivity index (χ2v) is 5.68. The van der Waals surface area contributed by atoms with E-state index in [0.717, 1.165) is 38.5 Å². The van der Waals surface area contributed by atoms with Crippen molar-refractivity contribution in [2.45, 2.75) is 50.4 Å². The lowest BCUT2D eigenvalue weighted by molar-refractivity contribution is -0.135. The molecule has 1 amide bonds. The number of carbonyl (C=O) groups excluding carboxylic acids is 1. The Bertz CT molecular complexity index is 262. The monoisotopic (exact) mass is 259 g/mol. The molecule has 4 heteroatoms. The number of nitrogens with zero attached hydrogens (tertiary/aromatic N) is 1. The molecule has 1 saturated carbocycles. The zero-order valence-electron chi connectivity index (χ0n) is 10.5. The molecule has 0 aromatic rings. The van der Waals surface area contributed by atoms with Crippen molar-refractivity contribution in [3.05, 3.63) is 0 Å². The molecule has 0 spiro atoms. The lowest BCUT2D eigenvalue weighted by Crippen LogP contribution is -2.47. The molecule has 2 aliphatic rings. The van der Waals surface area contributed by atoms with E-state index in [-0.39, 0.29) is 11.3 Å². The Morgan fingerprint density at radius 1 is 1.35 bits per heavy atom. The Kier molecular flexibility index (Phi) is 4.69. The van der Waals surface area contributed by atoms with Crippen LogP contribution in [0.2, 0.25) is 0 Å². The molecule has 98 valence electrons. The van der Waals surface area contributed by atoms with Gasteiger partial charge in [-0.15, -0.1) is 11.6 Å². The number of amides is 1. The third kappa shape index (κ3) is 3.59. The normalized spacial score (nSPS) is 23.4. The molecule has 1 saturated heterocycles. The summed E-state index contributed by atoms with van der Waals surface area (Å²) in [6.07, 6.45) is 5.18. The molecule has 2 fully saturated rings. The van der Waals surface area contributed by atoms with E-state index < -0.39 is 0 Å². The fourth-order valence-corrected chi connectivity index (χ4v) is 2.47. The quantitative estimate of drug-likeness (QED) is 0.710. The summed E-state index contributed by atoms with van der Waals surface area (Å²) >= 11 is 6.11. The van der Waals surface area contributed by atoms with Gasteiger partial charge in [0.15, 0.2) is 0 Å². The lowest BCUT2D eigenvalue weighted by Gasteiger charge is -2.35. The Hall–Kier alpha value is -0.280. The molecule has 17 heavy (non-hydrogen) atoms. The first-order valence-corrected chi connectivity index (χ1v) is 7.18. The van der Waals surface area contributed by atoms with Gasteiger partial charge < -0.3 is 9.64 Å². The average Bonchev–Trinajstić information content (AvgIpc) is 3.19. The van der Waals surface area contributed by atoms with Crippen LogP contribution in [0, 0.1) is 5.92 Å². The van der Waals surface area contributed by atoms with E-state index in [1.54, 1.807) is 0 Å². The van der Waals surface area contributed by atoms with Crippen LogP contribution in [0.4, 0.5) is 0 Å². The van der Waals surface area contributed by atoms with Gasteiger partial charge in [-0.05, 0) is 38.0 Å². The van der Waals surface area contributed by atoms with Crippen molar-refractivity contribution < 1.29 is 9.53 Å². The van der Waals surface area contributed by atoms with Gasteiger partial charge in [-0.25, -0.2) is 0 Å². The average molecular weight is 260 g/mol. The van der Waals surface area contributed by atoms with Crippen molar-refractivity contribution in [1.82, 2.24) is 4.90 Å². The molecule has 0 N–H and O–H groups in total. The van der Waals surface area contributed by atoms with Crippen LogP contribution in [0.3, 0.4) is 0 Å². The van der Waals surface area contributed by atoms with Crippen molar-refractivity contribution in [1.29, 1.82) is 0 Å². The maximum absolute atomic E-state index is 12.3. The molecule has 1 heterocycles. The minimum absolute atomic E-state index is 0.132. The zero-order valence-corrected chi connectivity index (χ0v) is 11.3. The maximum atomic E-state index is 12.3. The van der Waals surface area contributed by atoms with Gasteiger partial charge in [0.05, 0.1) is 0 Å². The highest BCUT2D eigenvalue weighted by Crippen LogP contribution is 2.32. The zero-order chi connectivity index (χ0) is 12.3. The van der Waals surface area contributed by atoms with Crippen molar-refractivity contribution in [2.75, 3.05) is 19.8 Å². The number of hydrogen-bond donors (Lipinski definition) is 0. The van der Waals surface area contributed by atoms with E-state index in [9.17, 15) is 4.79 Å². The minimum Gasteiger partial charge on any atom is -0.381 e. The summed E-state index contributed by atoms with van der Waals surface area (Å²) in [6.45, 7) is 4.43. The van der Waals surface area contributed by atoms with Crippen molar-refractivity contribution >= 4 is 17.5 Å². The molecule has 2 rings (SSSR count). The van der Waals surface area contributed by atoms with E-state index in [2.05, 4.69) is 0 Å². The summed E-state index contributed by atoms with van der Waals surface area (Å²) in [5.74, 6) is 0.857. The van der Waals surface area contributed by atoms with Crippen LogP contribution >= 0.6 is 11.6 Å². The fraction of sp³-hybridized carbons (Fsp3) is 0.923. The summed E-state index contributed by atoms with van der Waals surface area (Å²) in [7, 11) is 0. The molecule has 1 aliphatic heterocycles. The molecule has 0 unspecified atom stereocenters. The van der Waals surface area contributed by atoms with Gasteiger partial charge in [0, 0.05) is 25.8 Å². The van der Waals surface area contributed by atoms with E-state index in [4.69, 9.17) is 16.3 Å². The first-order chi connectivity index (χ1) is 8.22. The van der Waals surface area contributed by atoms with Crippen LogP contribution in [0.25, 0.3) is 0 Å². The standard InChI is InChI=1S/C13H22ClNO2/c1-2-12(14)13(16)15(9-10-3-4-10)11-5-7-17-8-6-11/h10-12H,2-9H2,1H3/t12-/m0/s1. The van der Waals surface area contributed by atoms with Gasteiger partial charge >= 0.3 is 0 Å².